The van der Waals surface area contributed by atoms with E-state index in [1.807, 2.05) is 6.92 Å². The molecule has 0 saturated heterocycles. The van der Waals surface area contributed by atoms with Crippen LogP contribution in [0.3, 0.4) is 0 Å². The van der Waals surface area contributed by atoms with Crippen LogP contribution < -0.4 is 0 Å². The van der Waals surface area contributed by atoms with Crippen molar-refractivity contribution in [2.24, 2.45) is 0 Å². The van der Waals surface area contributed by atoms with E-state index in [1.165, 1.54) is 11.1 Å². The fourth-order valence-corrected chi connectivity index (χ4v) is 1.62. The van der Waals surface area contributed by atoms with E-state index in [2.05, 4.69) is 22.4 Å². The van der Waals surface area contributed by atoms with Crippen molar-refractivity contribution in [1.29, 1.82) is 0 Å². The zero-order valence-corrected chi connectivity index (χ0v) is 7.72. The summed E-state index contributed by atoms with van der Waals surface area (Å²) in [5.41, 5.74) is 0. The maximum atomic E-state index is 4.96. The van der Waals surface area contributed by atoms with Crippen LogP contribution in [0.25, 0.3) is 0 Å². The monoisotopic (exact) mass is 187 g/mol. The molecule has 50 valence electrons. The average Bonchev–Trinajstić information content (AvgIpc) is 1.66. The highest BCUT2D eigenvalue weighted by atomic mass is 33.5. The first kappa shape index (κ1) is 9.10. The Morgan fingerprint density at radius 2 is 2.25 bits per heavy atom. The molecule has 0 heterocycles. The fraction of sp³-hybridized carbons (Fsp3) is 1.00. The van der Waals surface area contributed by atoms with Crippen molar-refractivity contribution in [1.82, 2.24) is 0 Å². The Bertz CT molecular complexity index is 99.9. The van der Waals surface area contributed by atoms with Gasteiger partial charge in [0, 0.05) is 0 Å². The highest BCUT2D eigenvalue weighted by Crippen LogP contribution is 2.02. The van der Waals surface area contributed by atoms with Crippen LogP contribution in [-0.2, 0) is 33.6 Å². The molecule has 0 aliphatic heterocycles. The van der Waals surface area contributed by atoms with Gasteiger partial charge in [0.15, 0.2) is 0 Å². The molecular weight excluding hydrogens is 180 g/mol. The lowest BCUT2D eigenvalue weighted by molar-refractivity contribution is 0.379. The molecule has 8 heavy (non-hydrogen) atoms. The second-order valence-corrected chi connectivity index (χ2v) is 7.18. The van der Waals surface area contributed by atoms with Crippen molar-refractivity contribution in [3.05, 3.63) is 0 Å². The lowest BCUT2D eigenvalue weighted by atomic mass is 10.5. The number of hydrogen-bond donors (Lipinski definition) is 0. The summed E-state index contributed by atoms with van der Waals surface area (Å²) in [7, 11) is -0.456. The zero-order valence-electron chi connectivity index (χ0n) is 4.46. The maximum Gasteiger partial charge on any atom is 0.0588 e. The van der Waals surface area contributed by atoms with Crippen molar-refractivity contribution >= 4 is 40.5 Å². The van der Waals surface area contributed by atoms with Gasteiger partial charge in [-0.05, 0) is 6.42 Å². The predicted octanol–water partition coefficient (Wildman–Crippen LogP) is 1.52. The molecule has 0 aromatic carbocycles. The summed E-state index contributed by atoms with van der Waals surface area (Å²) < 4.78 is 4.96. The van der Waals surface area contributed by atoms with E-state index in [4.69, 9.17) is 4.18 Å². The van der Waals surface area contributed by atoms with Crippen LogP contribution in [-0.4, -0.2) is 6.61 Å². The van der Waals surface area contributed by atoms with Gasteiger partial charge in [-0.15, -0.1) is 11.1 Å². The smallest absolute Gasteiger partial charge is 0.0588 e. The lowest BCUT2D eigenvalue weighted by Crippen LogP contribution is -1.80. The van der Waals surface area contributed by atoms with E-state index in [0.717, 1.165) is 13.0 Å². The summed E-state index contributed by atoms with van der Waals surface area (Å²) in [5, 5.41) is 0. The van der Waals surface area contributed by atoms with Crippen LogP contribution in [0.2, 0.25) is 0 Å². The summed E-state index contributed by atoms with van der Waals surface area (Å²) in [4.78, 5) is 0. The molecular formula is C3H7OS4-. The Labute approximate surface area is 64.6 Å². The second-order valence-electron chi connectivity index (χ2n) is 1.09. The second kappa shape index (κ2) is 6.22. The van der Waals surface area contributed by atoms with E-state index < -0.39 is 7.05 Å². The van der Waals surface area contributed by atoms with Crippen LogP contribution in [0.1, 0.15) is 13.3 Å². The average molecular weight is 187 g/mol. The molecule has 0 bridgehead atoms. The minimum Gasteiger partial charge on any atom is -0.337 e. The first-order valence-electron chi connectivity index (χ1n) is 2.16. The van der Waals surface area contributed by atoms with Crippen LogP contribution in [0.4, 0.5) is 0 Å². The molecule has 0 aliphatic carbocycles. The minimum absolute atomic E-state index is 0.456. The lowest BCUT2D eigenvalue weighted by Gasteiger charge is -2.01. The van der Waals surface area contributed by atoms with Crippen molar-refractivity contribution in [3.8, 4) is 0 Å². The van der Waals surface area contributed by atoms with Gasteiger partial charge < -0.3 is 4.18 Å². The third kappa shape index (κ3) is 7.10. The van der Waals surface area contributed by atoms with Gasteiger partial charge in [0.25, 0.3) is 0 Å². The molecule has 0 aliphatic rings. The van der Waals surface area contributed by atoms with E-state index >= 15 is 0 Å². The molecule has 5 heteroatoms. The summed E-state index contributed by atoms with van der Waals surface area (Å²) in [6.45, 7) is 2.80. The molecule has 0 rings (SSSR count). The van der Waals surface area contributed by atoms with Gasteiger partial charge in [-0.2, -0.15) is 0 Å². The molecule has 0 aromatic rings. The van der Waals surface area contributed by atoms with Crippen molar-refractivity contribution in [3.63, 3.8) is 0 Å². The summed E-state index contributed by atoms with van der Waals surface area (Å²) in [5.74, 6) is 0. The van der Waals surface area contributed by atoms with Gasteiger partial charge in [-0.1, -0.05) is 6.92 Å². The number of hydrogen-bond acceptors (Lipinski definition) is 5. The van der Waals surface area contributed by atoms with Gasteiger partial charge >= 0.3 is 0 Å². The van der Waals surface area contributed by atoms with Crippen molar-refractivity contribution in [2.75, 3.05) is 6.61 Å². The molecule has 0 amide bonds. The quantitative estimate of drug-likeness (QED) is 0.285. The van der Waals surface area contributed by atoms with E-state index in [-0.39, 0.29) is 0 Å². The van der Waals surface area contributed by atoms with Crippen LogP contribution in [0, 0.1) is 0 Å². The standard InChI is InChI=1S/C3H7OS4/c1-2-3-4-7-8(5)6/h2-3H2,1H3/q-1. The SMILES string of the molecule is CCCOS[S-](=S)=S. The molecule has 0 atom stereocenters. The van der Waals surface area contributed by atoms with Crippen LogP contribution in [0.5, 0.6) is 0 Å². The van der Waals surface area contributed by atoms with Crippen LogP contribution >= 0.6 is 11.1 Å². The van der Waals surface area contributed by atoms with Gasteiger partial charge in [0.1, 0.15) is 0 Å². The topological polar surface area (TPSA) is 9.23 Å². The van der Waals surface area contributed by atoms with E-state index in [9.17, 15) is 0 Å². The van der Waals surface area contributed by atoms with E-state index in [1.54, 1.807) is 0 Å². The third-order valence-corrected chi connectivity index (χ3v) is 2.39. The minimum atomic E-state index is -0.456. The fourth-order valence-electron chi connectivity index (χ4n) is 0.157. The molecule has 0 fully saturated rings. The highest BCUT2D eigenvalue weighted by molar-refractivity contribution is 8.89. The van der Waals surface area contributed by atoms with Crippen molar-refractivity contribution in [2.45, 2.75) is 13.3 Å². The Morgan fingerprint density at radius 1 is 1.62 bits per heavy atom. The highest BCUT2D eigenvalue weighted by Gasteiger charge is 1.73. The molecule has 0 saturated carbocycles. The summed E-state index contributed by atoms with van der Waals surface area (Å²) in [6, 6.07) is 0. The van der Waals surface area contributed by atoms with Gasteiger partial charge in [-0.3, -0.25) is 7.05 Å². The van der Waals surface area contributed by atoms with Gasteiger partial charge in [-0.25, -0.2) is 22.4 Å². The van der Waals surface area contributed by atoms with Crippen molar-refractivity contribution < 1.29 is 4.18 Å². The third-order valence-electron chi connectivity index (χ3n) is 0.391. The largest absolute Gasteiger partial charge is 0.337 e. The Hall–Kier alpha value is 1.10. The summed E-state index contributed by atoms with van der Waals surface area (Å²) >= 11 is 10.6. The molecule has 0 spiro atoms. The zero-order chi connectivity index (χ0) is 6.41. The molecule has 0 N–H and O–H groups in total. The Kier molecular flexibility index (Phi) is 7.08. The molecule has 0 aromatic heterocycles. The first-order chi connectivity index (χ1) is 3.77. The van der Waals surface area contributed by atoms with Gasteiger partial charge in [0.2, 0.25) is 0 Å². The Morgan fingerprint density at radius 3 is 2.62 bits per heavy atom. The predicted molar refractivity (Wildman–Crippen MR) is 45.9 cm³/mol. The normalized spacial score (nSPS) is 10.2. The van der Waals surface area contributed by atoms with Crippen LogP contribution in [0.15, 0.2) is 0 Å². The van der Waals surface area contributed by atoms with E-state index in [0.29, 0.717) is 0 Å². The molecule has 0 radical (unpaired) electrons. The first-order valence-corrected chi connectivity index (χ1v) is 6.50. The molecule has 1 nitrogen and oxygen atoms in total. The molecule has 0 unspecified atom stereocenters. The number of rotatable bonds is 4. The van der Waals surface area contributed by atoms with Gasteiger partial charge in [0.05, 0.1) is 6.61 Å². The summed E-state index contributed by atoms with van der Waals surface area (Å²) in [6.07, 6.45) is 1.02. The maximum absolute atomic E-state index is 4.96. The Balaban J connectivity index is 2.94.